The van der Waals surface area contributed by atoms with E-state index in [0.717, 1.165) is 0 Å². The maximum Gasteiger partial charge on any atom is 2.00 e. The van der Waals surface area contributed by atoms with Crippen molar-refractivity contribution in [1.82, 2.24) is 0 Å². The second kappa shape index (κ2) is 14.7. The molecule has 0 unspecified atom stereocenters. The van der Waals surface area contributed by atoms with E-state index in [4.69, 9.17) is 38.5 Å². The smallest absolute Gasteiger partial charge is 0.822 e. The summed E-state index contributed by atoms with van der Waals surface area (Å²) in [5.74, 6) is 0. The molecule has 0 heterocycles. The molecule has 0 aromatic rings. The van der Waals surface area contributed by atoms with Gasteiger partial charge in [0.25, 0.3) is 0 Å². The molecule has 0 aliphatic rings. The quantitative estimate of drug-likeness (QED) is 0.231. The molecule has 0 saturated carbocycles. The van der Waals surface area contributed by atoms with Gasteiger partial charge in [0.2, 0.25) is 0 Å². The van der Waals surface area contributed by atoms with Gasteiger partial charge in [0.15, 0.2) is 0 Å². The molecule has 0 aliphatic carbocycles. The second-order valence-electron chi connectivity index (χ2n) is 0.894. The normalized spacial score (nSPS) is 9.08. The van der Waals surface area contributed by atoms with Gasteiger partial charge in [-0.3, -0.25) is 0 Å². The first-order valence-corrected chi connectivity index (χ1v) is 4.38. The van der Waals surface area contributed by atoms with E-state index in [9.17, 15) is 0 Å². The summed E-state index contributed by atoms with van der Waals surface area (Å²) in [4.78, 5) is 51.3. The molecule has 0 amide bonds. The van der Waals surface area contributed by atoms with Gasteiger partial charge in [0, 0.05) is 0 Å². The van der Waals surface area contributed by atoms with E-state index in [-0.39, 0.29) is 136 Å². The van der Waals surface area contributed by atoms with E-state index in [0.29, 0.717) is 0 Å². The van der Waals surface area contributed by atoms with Gasteiger partial charge in [-0.1, -0.05) is 0 Å². The van der Waals surface area contributed by atoms with Crippen molar-refractivity contribution in [1.29, 1.82) is 0 Å². The summed E-state index contributed by atoms with van der Waals surface area (Å²) in [5, 5.41) is 0. The van der Waals surface area contributed by atoms with E-state index in [1.54, 1.807) is 0 Å². The molecule has 0 aromatic carbocycles. The first-order valence-electron chi connectivity index (χ1n) is 1.46. The van der Waals surface area contributed by atoms with Crippen molar-refractivity contribution in [3.05, 3.63) is 0 Å². The van der Waals surface area contributed by atoms with Crippen molar-refractivity contribution in [2.45, 2.75) is 0 Å². The van der Waals surface area contributed by atoms with Crippen molar-refractivity contribution in [3.8, 4) is 0 Å². The predicted molar refractivity (Wildman–Crippen MR) is 32.5 cm³/mol. The Bertz CT molecular complexity index is 132. The fraction of sp³-hybridized carbons (Fsp3) is 0. The van der Waals surface area contributed by atoms with Crippen LogP contribution in [0.2, 0.25) is 0 Å². The fourth-order valence-electron chi connectivity index (χ4n) is 0. The SMILES string of the molecule is O=P([O-])([O-])[O-].O=P([O-])([O-])[O-].[Ba+2].[Ba+2].[Ca+2]. The molecule has 0 spiro atoms. The van der Waals surface area contributed by atoms with E-state index in [1.807, 2.05) is 0 Å². The number of rotatable bonds is 0. The molecule has 8 nitrogen and oxygen atoms in total. The zero-order valence-corrected chi connectivity index (χ0v) is 19.2. The van der Waals surface area contributed by atoms with Crippen LogP contribution in [0.15, 0.2) is 0 Å². The van der Waals surface area contributed by atoms with Crippen molar-refractivity contribution in [3.63, 3.8) is 0 Å². The largest absolute Gasteiger partial charge is 2.00 e. The van der Waals surface area contributed by atoms with E-state index < -0.39 is 15.6 Å². The molecule has 0 radical (unpaired) electrons. The summed E-state index contributed by atoms with van der Waals surface area (Å²) >= 11 is 0. The zero-order chi connectivity index (χ0) is 9.00. The van der Waals surface area contributed by atoms with Crippen LogP contribution in [-0.2, 0) is 9.13 Å². The van der Waals surface area contributed by atoms with Crippen molar-refractivity contribution in [2.75, 3.05) is 0 Å². The van der Waals surface area contributed by atoms with Crippen LogP contribution in [0.4, 0.5) is 0 Å². The Morgan fingerprint density at radius 3 is 0.615 bits per heavy atom. The second-order valence-corrected chi connectivity index (χ2v) is 2.68. The molecule has 0 N–H and O–H groups in total. The van der Waals surface area contributed by atoms with Gasteiger partial charge in [-0.05, 0) is 0 Å². The van der Waals surface area contributed by atoms with Crippen molar-refractivity contribution >= 4 is 151 Å². The van der Waals surface area contributed by atoms with E-state index >= 15 is 0 Å². The van der Waals surface area contributed by atoms with Crippen LogP contribution >= 0.6 is 15.6 Å². The number of hydrogen-bond acceptors (Lipinski definition) is 8. The van der Waals surface area contributed by atoms with Crippen LogP contribution in [0.3, 0.4) is 0 Å². The molecule has 64 valence electrons. The molecule has 0 rings (SSSR count). The van der Waals surface area contributed by atoms with Crippen LogP contribution in [0.25, 0.3) is 0 Å². The summed E-state index contributed by atoms with van der Waals surface area (Å²) in [6.07, 6.45) is 0. The first kappa shape index (κ1) is 30.6. The standard InChI is InChI=1S/2Ba.Ca.2H3O4P/c;;;2*1-5(2,3)4/h;;;2*(H3,1,2,3,4)/q3*+2;;/p-6. The summed E-state index contributed by atoms with van der Waals surface area (Å²) in [6.45, 7) is 0. The minimum Gasteiger partial charge on any atom is -0.822 e. The maximum atomic E-state index is 8.55. The molecular weight excluding hydrogens is 505 g/mol. The average Bonchev–Trinajstić information content (AvgIpc) is 1.12. The van der Waals surface area contributed by atoms with Crippen LogP contribution in [-0.4, -0.2) is 136 Å². The third-order valence-electron chi connectivity index (χ3n) is 0. The first-order chi connectivity index (χ1) is 4.00. The van der Waals surface area contributed by atoms with Gasteiger partial charge in [-0.25, -0.2) is 0 Å². The Hall–Kier alpha value is 4.62. The molecule has 13 heteroatoms. The van der Waals surface area contributed by atoms with Gasteiger partial charge in [0.05, 0.1) is 0 Å². The Balaban J connectivity index is -0.0000000267. The molecule has 0 saturated heterocycles. The maximum absolute atomic E-state index is 8.55. The minimum atomic E-state index is -5.39. The van der Waals surface area contributed by atoms with Gasteiger partial charge in [-0.2, -0.15) is 15.6 Å². The van der Waals surface area contributed by atoms with Crippen molar-refractivity contribution in [2.24, 2.45) is 0 Å². The summed E-state index contributed by atoms with van der Waals surface area (Å²) < 4.78 is 17.1. The summed E-state index contributed by atoms with van der Waals surface area (Å²) in [5.41, 5.74) is 0. The average molecular weight is 505 g/mol. The Morgan fingerprint density at radius 1 is 0.615 bits per heavy atom. The van der Waals surface area contributed by atoms with E-state index in [1.165, 1.54) is 0 Å². The Kier molecular flexibility index (Phi) is 34.5. The monoisotopic (exact) mass is 506 g/mol. The molecule has 0 atom stereocenters. The van der Waals surface area contributed by atoms with Crippen LogP contribution in [0.5, 0.6) is 0 Å². The molecule has 0 aromatic heterocycles. The Labute approximate surface area is 185 Å². The molecular formula is Ba2CaO8P2. The molecule has 0 bridgehead atoms. The van der Waals surface area contributed by atoms with Crippen LogP contribution < -0.4 is 29.4 Å². The van der Waals surface area contributed by atoms with Crippen LogP contribution in [0.1, 0.15) is 0 Å². The summed E-state index contributed by atoms with van der Waals surface area (Å²) in [6, 6.07) is 0. The van der Waals surface area contributed by atoms with E-state index in [2.05, 4.69) is 0 Å². The van der Waals surface area contributed by atoms with Crippen molar-refractivity contribution < 1.29 is 38.5 Å². The third-order valence-corrected chi connectivity index (χ3v) is 0. The predicted octanol–water partition coefficient (Wildman–Crippen LogP) is -6.79. The molecule has 0 fully saturated rings. The van der Waals surface area contributed by atoms with Gasteiger partial charge < -0.3 is 38.5 Å². The molecule has 13 heavy (non-hydrogen) atoms. The fourth-order valence-corrected chi connectivity index (χ4v) is 0. The van der Waals surface area contributed by atoms with Gasteiger partial charge >= 0.3 is 136 Å². The topological polar surface area (TPSA) is 172 Å². The number of phosphoric acid groups is 2. The summed E-state index contributed by atoms with van der Waals surface area (Å²) in [7, 11) is -10.8. The zero-order valence-electron chi connectivity index (χ0n) is 6.28. The van der Waals surface area contributed by atoms with Gasteiger partial charge in [0.1, 0.15) is 0 Å². The minimum absolute atomic E-state index is 0. The number of hydrogen-bond donors (Lipinski definition) is 0. The third kappa shape index (κ3) is 166. The molecule has 0 aliphatic heterocycles. The van der Waals surface area contributed by atoms with Gasteiger partial charge in [-0.15, -0.1) is 0 Å². The van der Waals surface area contributed by atoms with Crippen LogP contribution in [0, 0.1) is 0 Å². The Morgan fingerprint density at radius 2 is 0.615 bits per heavy atom.